The van der Waals surface area contributed by atoms with Gasteiger partial charge < -0.3 is 19.5 Å². The number of piperidine rings is 1. The lowest BCUT2D eigenvalue weighted by Gasteiger charge is -2.32. The number of likely N-dealkylation sites (tertiary alicyclic amines) is 1. The van der Waals surface area contributed by atoms with E-state index in [2.05, 4.69) is 17.1 Å². The Bertz CT molecular complexity index is 1130. The van der Waals surface area contributed by atoms with Crippen molar-refractivity contribution in [1.82, 2.24) is 9.88 Å². The third-order valence-corrected chi connectivity index (χ3v) is 6.28. The molecule has 0 radical (unpaired) electrons. The molecule has 178 valence electrons. The monoisotopic (exact) mass is 464 g/mol. The minimum absolute atomic E-state index is 0.0793. The van der Waals surface area contributed by atoms with E-state index in [1.54, 1.807) is 25.4 Å². The molecule has 1 N–H and O–H groups in total. The van der Waals surface area contributed by atoms with E-state index in [-0.39, 0.29) is 18.3 Å². The third kappa shape index (κ3) is 5.84. The first-order valence-corrected chi connectivity index (χ1v) is 11.5. The van der Waals surface area contributed by atoms with Crippen LogP contribution in [0.5, 0.6) is 17.2 Å². The number of methoxy groups -OCH3 is 1. The summed E-state index contributed by atoms with van der Waals surface area (Å²) in [6.45, 7) is 1.31. The molecule has 4 rings (SSSR count). The second-order valence-corrected chi connectivity index (χ2v) is 8.51. The molecule has 0 spiro atoms. The van der Waals surface area contributed by atoms with Crippen molar-refractivity contribution >= 4 is 5.91 Å². The number of phenolic OH excluding ortho intramolecular Hbond substituents is 1. The van der Waals surface area contributed by atoms with E-state index in [4.69, 9.17) is 9.47 Å². The Morgan fingerprint density at radius 1 is 1.15 bits per heavy atom. The van der Waals surface area contributed by atoms with Crippen LogP contribution in [0.4, 0.5) is 4.39 Å². The van der Waals surface area contributed by atoms with Crippen LogP contribution in [0.1, 0.15) is 24.8 Å². The molecule has 0 unspecified atom stereocenters. The van der Waals surface area contributed by atoms with Crippen molar-refractivity contribution in [1.29, 1.82) is 0 Å². The van der Waals surface area contributed by atoms with Gasteiger partial charge in [-0.05, 0) is 73.6 Å². The maximum absolute atomic E-state index is 13.3. The lowest BCUT2D eigenvalue weighted by atomic mass is 9.90. The molecule has 1 aliphatic heterocycles. The van der Waals surface area contributed by atoms with E-state index in [1.165, 1.54) is 17.7 Å². The highest BCUT2D eigenvalue weighted by Gasteiger charge is 2.23. The first-order chi connectivity index (χ1) is 16.5. The average molecular weight is 465 g/mol. The molecule has 0 atom stereocenters. The molecule has 1 amide bonds. The van der Waals surface area contributed by atoms with Crippen molar-refractivity contribution < 1.29 is 23.8 Å². The van der Waals surface area contributed by atoms with E-state index in [9.17, 15) is 14.3 Å². The Labute approximate surface area is 199 Å². The predicted octanol–water partition coefficient (Wildman–Crippen LogP) is 4.85. The van der Waals surface area contributed by atoms with Gasteiger partial charge in [0.15, 0.2) is 6.61 Å². The van der Waals surface area contributed by atoms with Crippen LogP contribution in [0.3, 0.4) is 0 Å². The highest BCUT2D eigenvalue weighted by Crippen LogP contribution is 2.34. The summed E-state index contributed by atoms with van der Waals surface area (Å²) in [5, 5.41) is 10.1. The second kappa shape index (κ2) is 11.0. The number of aromatic nitrogens is 1. The third-order valence-electron chi connectivity index (χ3n) is 6.28. The van der Waals surface area contributed by atoms with Gasteiger partial charge in [0.1, 0.15) is 28.8 Å². The van der Waals surface area contributed by atoms with Gasteiger partial charge in [0.25, 0.3) is 5.91 Å². The van der Waals surface area contributed by atoms with Gasteiger partial charge in [0.05, 0.1) is 7.11 Å². The number of carbonyl (C=O) groups excluding carboxylic acids is 1. The van der Waals surface area contributed by atoms with Crippen LogP contribution >= 0.6 is 0 Å². The van der Waals surface area contributed by atoms with Gasteiger partial charge in [-0.3, -0.25) is 9.78 Å². The van der Waals surface area contributed by atoms with E-state index in [0.29, 0.717) is 36.0 Å². The molecule has 1 fully saturated rings. The van der Waals surface area contributed by atoms with Crippen LogP contribution in [0.25, 0.3) is 11.3 Å². The number of amides is 1. The van der Waals surface area contributed by atoms with Crippen molar-refractivity contribution in [2.75, 3.05) is 26.8 Å². The number of phenols is 1. The van der Waals surface area contributed by atoms with Crippen LogP contribution in [0.15, 0.2) is 60.8 Å². The molecule has 1 saturated heterocycles. The second-order valence-electron chi connectivity index (χ2n) is 8.51. The lowest BCUT2D eigenvalue weighted by Crippen LogP contribution is -2.41. The lowest BCUT2D eigenvalue weighted by molar-refractivity contribution is -0.134. The summed E-state index contributed by atoms with van der Waals surface area (Å²) < 4.78 is 24.4. The average Bonchev–Trinajstić information content (AvgIpc) is 2.87. The van der Waals surface area contributed by atoms with Gasteiger partial charge in [0.2, 0.25) is 0 Å². The van der Waals surface area contributed by atoms with E-state index < -0.39 is 5.82 Å². The minimum atomic E-state index is -0.540. The topological polar surface area (TPSA) is 71.9 Å². The van der Waals surface area contributed by atoms with Crippen LogP contribution in [0, 0.1) is 11.7 Å². The van der Waals surface area contributed by atoms with Crippen molar-refractivity contribution in [2.45, 2.75) is 25.7 Å². The highest BCUT2D eigenvalue weighted by molar-refractivity contribution is 5.78. The molecule has 1 aliphatic rings. The Morgan fingerprint density at radius 3 is 2.74 bits per heavy atom. The van der Waals surface area contributed by atoms with Gasteiger partial charge in [-0.15, -0.1) is 0 Å². The molecule has 2 heterocycles. The van der Waals surface area contributed by atoms with Gasteiger partial charge in [-0.1, -0.05) is 12.1 Å². The van der Waals surface area contributed by atoms with Crippen LogP contribution < -0.4 is 9.47 Å². The molecule has 1 aromatic heterocycles. The first kappa shape index (κ1) is 23.5. The van der Waals surface area contributed by atoms with Crippen LogP contribution in [0.2, 0.25) is 0 Å². The summed E-state index contributed by atoms with van der Waals surface area (Å²) >= 11 is 0. The van der Waals surface area contributed by atoms with Gasteiger partial charge >= 0.3 is 0 Å². The predicted molar refractivity (Wildman–Crippen MR) is 127 cm³/mol. The Balaban J connectivity index is 1.28. The van der Waals surface area contributed by atoms with Gasteiger partial charge in [0, 0.05) is 30.9 Å². The summed E-state index contributed by atoms with van der Waals surface area (Å²) in [7, 11) is 1.68. The van der Waals surface area contributed by atoms with Crippen molar-refractivity contribution in [3.05, 3.63) is 72.2 Å². The fourth-order valence-electron chi connectivity index (χ4n) is 4.31. The molecule has 6 nitrogen and oxygen atoms in total. The number of rotatable bonds is 8. The molecule has 34 heavy (non-hydrogen) atoms. The minimum Gasteiger partial charge on any atom is -0.507 e. The molecule has 0 saturated carbocycles. The normalized spacial score (nSPS) is 14.1. The number of nitrogens with zero attached hydrogens (tertiary/aromatic N) is 2. The van der Waals surface area contributed by atoms with Crippen LogP contribution in [-0.4, -0.2) is 47.7 Å². The number of hydrogen-bond acceptors (Lipinski definition) is 5. The van der Waals surface area contributed by atoms with Crippen molar-refractivity contribution in [3.63, 3.8) is 0 Å². The fourth-order valence-corrected chi connectivity index (χ4v) is 4.31. The fraction of sp³-hybridized carbons (Fsp3) is 0.333. The number of pyridine rings is 1. The Hall–Kier alpha value is -3.61. The van der Waals surface area contributed by atoms with Crippen molar-refractivity contribution in [3.8, 4) is 28.5 Å². The Kier molecular flexibility index (Phi) is 7.62. The van der Waals surface area contributed by atoms with E-state index in [1.807, 2.05) is 17.0 Å². The first-order valence-electron chi connectivity index (χ1n) is 11.5. The summed E-state index contributed by atoms with van der Waals surface area (Å²) in [6.07, 6.45) is 5.59. The molecular formula is C27H29FN2O4. The number of aromatic hydroxyl groups is 1. The largest absolute Gasteiger partial charge is 0.507 e. The number of carbonyl (C=O) groups is 1. The standard InChI is InChI=1S/C27H29FN2O4/c1-33-22-5-2-4-20(16-22)8-7-19-11-14-30(15-12-19)26(32)18-34-25-6-3-13-29-27(25)23-10-9-21(28)17-24(23)31/h2-6,9-10,13,16-17,19,31H,7-8,11-12,14-15,18H2,1H3. The maximum Gasteiger partial charge on any atom is 0.260 e. The molecule has 0 aliphatic carbocycles. The number of ether oxygens (including phenoxy) is 2. The summed E-state index contributed by atoms with van der Waals surface area (Å²) in [6, 6.07) is 15.3. The van der Waals surface area contributed by atoms with E-state index >= 15 is 0 Å². The number of hydrogen-bond donors (Lipinski definition) is 1. The van der Waals surface area contributed by atoms with Gasteiger partial charge in [-0.2, -0.15) is 0 Å². The zero-order valence-corrected chi connectivity index (χ0v) is 19.2. The number of benzene rings is 2. The number of aryl methyl sites for hydroxylation is 1. The zero-order valence-electron chi connectivity index (χ0n) is 19.2. The quantitative estimate of drug-likeness (QED) is 0.516. The summed E-state index contributed by atoms with van der Waals surface area (Å²) in [5.74, 6) is 0.981. The molecule has 0 bridgehead atoms. The van der Waals surface area contributed by atoms with Gasteiger partial charge in [-0.25, -0.2) is 4.39 Å². The summed E-state index contributed by atoms with van der Waals surface area (Å²) in [4.78, 5) is 18.9. The molecule has 7 heteroatoms. The maximum atomic E-state index is 13.3. The molecular weight excluding hydrogens is 435 g/mol. The SMILES string of the molecule is COc1cccc(CCC2CCN(C(=O)COc3cccnc3-c3ccc(F)cc3O)CC2)c1. The zero-order chi connectivity index (χ0) is 23.9. The highest BCUT2D eigenvalue weighted by atomic mass is 19.1. The van der Waals surface area contributed by atoms with Crippen molar-refractivity contribution in [2.24, 2.45) is 5.92 Å². The molecule has 2 aromatic carbocycles. The van der Waals surface area contributed by atoms with Crippen LogP contribution in [-0.2, 0) is 11.2 Å². The number of halogens is 1. The molecule has 3 aromatic rings. The van der Waals surface area contributed by atoms with E-state index in [0.717, 1.165) is 37.5 Å². The Morgan fingerprint density at radius 2 is 1.97 bits per heavy atom. The summed E-state index contributed by atoms with van der Waals surface area (Å²) in [5.41, 5.74) is 1.98. The smallest absolute Gasteiger partial charge is 0.260 e.